The number of aromatic nitrogens is 1. The summed E-state index contributed by atoms with van der Waals surface area (Å²) >= 11 is 11.0. The molecule has 0 unspecified atom stereocenters. The van der Waals surface area contributed by atoms with Gasteiger partial charge in [-0.1, -0.05) is 23.2 Å². The van der Waals surface area contributed by atoms with Crippen LogP contribution in [0.1, 0.15) is 5.56 Å². The molecule has 0 radical (unpaired) electrons. The molecule has 0 fully saturated rings. The van der Waals surface area contributed by atoms with Crippen molar-refractivity contribution in [3.05, 3.63) is 34.6 Å². The molecular formula is C7H5Cl2N. The molecule has 0 aliphatic heterocycles. The van der Waals surface area contributed by atoms with Crippen LogP contribution in [0.4, 0.5) is 0 Å². The second kappa shape index (κ2) is 3.59. The lowest BCUT2D eigenvalue weighted by Crippen LogP contribution is -1.74. The molecule has 1 aromatic rings. The molecule has 1 rings (SSSR count). The van der Waals surface area contributed by atoms with Crippen LogP contribution in [0.2, 0.25) is 5.02 Å². The number of nitrogens with zero attached hydrogens (tertiary/aromatic N) is 1. The highest BCUT2D eigenvalue weighted by Gasteiger charge is 1.87. The third-order valence-corrected chi connectivity index (χ3v) is 1.31. The Hall–Kier alpha value is -0.530. The van der Waals surface area contributed by atoms with E-state index in [1.165, 1.54) is 5.54 Å². The molecule has 0 aliphatic rings. The first kappa shape index (κ1) is 7.58. The maximum absolute atomic E-state index is 5.64. The van der Waals surface area contributed by atoms with Crippen molar-refractivity contribution in [2.45, 2.75) is 0 Å². The number of rotatable bonds is 1. The Kier molecular flexibility index (Phi) is 2.72. The Morgan fingerprint density at radius 2 is 2.20 bits per heavy atom. The summed E-state index contributed by atoms with van der Waals surface area (Å²) in [7, 11) is 0. The fraction of sp³-hybridized carbons (Fsp3) is 0. The second-order valence-electron chi connectivity index (χ2n) is 1.73. The molecule has 1 aromatic heterocycles. The average molecular weight is 174 g/mol. The molecule has 1 heterocycles. The lowest BCUT2D eigenvalue weighted by Gasteiger charge is -1.90. The van der Waals surface area contributed by atoms with Gasteiger partial charge in [-0.3, -0.25) is 4.98 Å². The molecule has 1 nitrogen and oxygen atoms in total. The fourth-order valence-electron chi connectivity index (χ4n) is 0.592. The van der Waals surface area contributed by atoms with Gasteiger partial charge in [0.05, 0.1) is 5.02 Å². The topological polar surface area (TPSA) is 12.9 Å². The Balaban J connectivity index is 2.95. The van der Waals surface area contributed by atoms with Gasteiger partial charge in [0.1, 0.15) is 0 Å². The summed E-state index contributed by atoms with van der Waals surface area (Å²) in [5.41, 5.74) is 2.33. The molecule has 52 valence electrons. The van der Waals surface area contributed by atoms with Gasteiger partial charge in [-0.05, 0) is 17.7 Å². The predicted octanol–water partition coefficient (Wildman–Crippen LogP) is 2.94. The van der Waals surface area contributed by atoms with Gasteiger partial charge in [0.15, 0.2) is 0 Å². The summed E-state index contributed by atoms with van der Waals surface area (Å²) in [5.74, 6) is 0. The first-order valence-corrected chi connectivity index (χ1v) is 3.51. The van der Waals surface area contributed by atoms with E-state index in [-0.39, 0.29) is 0 Å². The molecular weight excluding hydrogens is 169 g/mol. The minimum absolute atomic E-state index is 0.618. The highest BCUT2D eigenvalue weighted by atomic mass is 35.5. The van der Waals surface area contributed by atoms with Crippen molar-refractivity contribution in [3.8, 4) is 0 Å². The van der Waals surface area contributed by atoms with Crippen LogP contribution in [-0.4, -0.2) is 4.98 Å². The average Bonchev–Trinajstić information content (AvgIpc) is 1.88. The Labute approximate surface area is 69.3 Å². The quantitative estimate of drug-likeness (QED) is 0.637. The van der Waals surface area contributed by atoms with Crippen LogP contribution in [0, 0.1) is 0 Å². The monoisotopic (exact) mass is 173 g/mol. The van der Waals surface area contributed by atoms with Gasteiger partial charge in [0, 0.05) is 17.9 Å². The summed E-state index contributed by atoms with van der Waals surface area (Å²) in [5, 5.41) is 0.618. The lowest BCUT2D eigenvalue weighted by atomic mass is 10.3. The zero-order valence-electron chi connectivity index (χ0n) is 5.09. The molecule has 0 spiro atoms. The number of pyridine rings is 1. The Morgan fingerprint density at radius 1 is 1.40 bits per heavy atom. The predicted molar refractivity (Wildman–Crippen MR) is 44.1 cm³/mol. The van der Waals surface area contributed by atoms with Crippen molar-refractivity contribution < 1.29 is 0 Å². The van der Waals surface area contributed by atoms with Crippen LogP contribution in [0.5, 0.6) is 0 Å². The van der Waals surface area contributed by atoms with Gasteiger partial charge >= 0.3 is 0 Å². The van der Waals surface area contributed by atoms with Gasteiger partial charge in [-0.25, -0.2) is 0 Å². The van der Waals surface area contributed by atoms with Crippen molar-refractivity contribution in [2.75, 3.05) is 0 Å². The molecule has 0 saturated heterocycles. The van der Waals surface area contributed by atoms with Crippen LogP contribution in [0.25, 0.3) is 6.08 Å². The zero-order chi connectivity index (χ0) is 7.40. The third-order valence-electron chi connectivity index (χ3n) is 0.981. The Morgan fingerprint density at radius 3 is 2.80 bits per heavy atom. The van der Waals surface area contributed by atoms with Gasteiger partial charge in [-0.15, -0.1) is 0 Å². The summed E-state index contributed by atoms with van der Waals surface area (Å²) in [6.45, 7) is 0. The van der Waals surface area contributed by atoms with Crippen LogP contribution < -0.4 is 0 Å². The van der Waals surface area contributed by atoms with E-state index in [4.69, 9.17) is 23.2 Å². The number of hydrogen-bond donors (Lipinski definition) is 0. The molecule has 0 amide bonds. The van der Waals surface area contributed by atoms with Crippen molar-refractivity contribution in [2.24, 2.45) is 0 Å². The van der Waals surface area contributed by atoms with Gasteiger partial charge in [0.2, 0.25) is 0 Å². The second-order valence-corrected chi connectivity index (χ2v) is 2.42. The van der Waals surface area contributed by atoms with Crippen LogP contribution in [-0.2, 0) is 0 Å². The molecule has 0 atom stereocenters. The number of halogens is 2. The molecule has 0 aliphatic carbocycles. The summed E-state index contributed by atoms with van der Waals surface area (Å²) in [6.07, 6.45) is 4.98. The Bertz CT molecular complexity index is 245. The van der Waals surface area contributed by atoms with Crippen LogP contribution >= 0.6 is 23.2 Å². The van der Waals surface area contributed by atoms with Crippen molar-refractivity contribution in [1.82, 2.24) is 4.98 Å². The van der Waals surface area contributed by atoms with Gasteiger partial charge in [0.25, 0.3) is 0 Å². The molecule has 0 bridgehead atoms. The van der Waals surface area contributed by atoms with E-state index < -0.39 is 0 Å². The van der Waals surface area contributed by atoms with E-state index in [1.807, 2.05) is 0 Å². The zero-order valence-corrected chi connectivity index (χ0v) is 6.60. The first-order chi connectivity index (χ1) is 4.83. The minimum atomic E-state index is 0.618. The first-order valence-electron chi connectivity index (χ1n) is 2.70. The fourth-order valence-corrected chi connectivity index (χ4v) is 0.920. The standard InChI is InChI=1S/C7H5Cl2N/c8-2-1-6-3-7(9)5-10-4-6/h1-5H. The SMILES string of the molecule is ClC=Cc1cncc(Cl)c1. The minimum Gasteiger partial charge on any atom is -0.263 e. The van der Waals surface area contributed by atoms with Crippen molar-refractivity contribution >= 4 is 29.3 Å². The van der Waals surface area contributed by atoms with E-state index in [2.05, 4.69) is 4.98 Å². The maximum atomic E-state index is 5.64. The van der Waals surface area contributed by atoms with E-state index in [1.54, 1.807) is 24.5 Å². The van der Waals surface area contributed by atoms with Crippen LogP contribution in [0.3, 0.4) is 0 Å². The van der Waals surface area contributed by atoms with Crippen molar-refractivity contribution in [1.29, 1.82) is 0 Å². The summed E-state index contributed by atoms with van der Waals surface area (Å²) in [6, 6.07) is 1.79. The molecule has 3 heteroatoms. The molecule has 0 saturated carbocycles. The van der Waals surface area contributed by atoms with E-state index in [9.17, 15) is 0 Å². The smallest absolute Gasteiger partial charge is 0.0595 e. The maximum Gasteiger partial charge on any atom is 0.0595 e. The molecule has 0 N–H and O–H groups in total. The van der Waals surface area contributed by atoms with E-state index >= 15 is 0 Å². The number of hydrogen-bond acceptors (Lipinski definition) is 1. The summed E-state index contributed by atoms with van der Waals surface area (Å²) in [4.78, 5) is 3.86. The largest absolute Gasteiger partial charge is 0.263 e. The highest BCUT2D eigenvalue weighted by Crippen LogP contribution is 2.09. The summed E-state index contributed by atoms with van der Waals surface area (Å²) < 4.78 is 0. The highest BCUT2D eigenvalue weighted by molar-refractivity contribution is 6.30. The molecule has 0 aromatic carbocycles. The van der Waals surface area contributed by atoms with E-state index in [0.29, 0.717) is 5.02 Å². The van der Waals surface area contributed by atoms with Gasteiger partial charge in [-0.2, -0.15) is 0 Å². The normalized spacial score (nSPS) is 10.6. The van der Waals surface area contributed by atoms with E-state index in [0.717, 1.165) is 5.56 Å². The lowest BCUT2D eigenvalue weighted by molar-refractivity contribution is 1.32. The van der Waals surface area contributed by atoms with Gasteiger partial charge < -0.3 is 0 Å². The van der Waals surface area contributed by atoms with Crippen LogP contribution in [0.15, 0.2) is 24.0 Å². The molecule has 10 heavy (non-hydrogen) atoms. The third kappa shape index (κ3) is 2.01. The van der Waals surface area contributed by atoms with Crippen molar-refractivity contribution in [3.63, 3.8) is 0 Å².